The molecule has 0 spiro atoms. The van der Waals surface area contributed by atoms with Gasteiger partial charge in [-0.3, -0.25) is 39.1 Å². The van der Waals surface area contributed by atoms with Gasteiger partial charge in [0.25, 0.3) is 22.2 Å². The standard InChI is InChI=1S/C24H28N4O2.C23H22ClFN2O2.2C23H22F2N2O2/c1-28(2)21-10-6-9-19(25-21)15-20-22(26-24(30)27-23(20)29)18-13-11-17(12-14-18)16-7-4-3-5-8-16;24-20-13-18(25)11-10-17(20)12-19-21(26-23(29)27-22(19)28)16-8-6-15(7-9-16)14-4-2-1-3-5-14;24-19-11-6-14(13-20(19)25)12-18-21(26-23(29)27-22(18)28)17-9-7-16(8-10-17)15-4-2-1-3-5-15;24-18-11-10-17(20(25)13-18)12-19-21(26-23(29)27-22(19)28)16-8-6-15(7-9-16)14-4-2-1-3-5-14/h3-10,17-18H,11-15H2,1-2H3,(H2,26,27,29,30);1-5,10-11,13,15-16H,6-9,12H2,(H2,26,27,28,29);1-6,11,13,16-17H,7-10,12H2,(H2,26,27,28,29);1-5,10-11,13,15-16H,6-9,12H2,(H2,26,27,28,29). The lowest BCUT2D eigenvalue weighted by atomic mass is 9.76. The van der Waals surface area contributed by atoms with Crippen LogP contribution in [0.3, 0.4) is 0 Å². The molecule has 0 saturated heterocycles. The molecule has 4 aliphatic rings. The molecule has 0 bridgehead atoms. The molecule has 0 aliphatic heterocycles. The molecule has 0 atom stereocenters. The Morgan fingerprint density at radius 3 is 0.983 bits per heavy atom. The highest BCUT2D eigenvalue weighted by Gasteiger charge is 2.32. The lowest BCUT2D eigenvalue weighted by molar-refractivity contribution is 0.388. The van der Waals surface area contributed by atoms with Gasteiger partial charge in [0.1, 0.15) is 23.3 Å². The first-order valence-corrected chi connectivity index (χ1v) is 40.5. The number of pyridine rings is 1. The van der Waals surface area contributed by atoms with Gasteiger partial charge in [-0.2, -0.15) is 0 Å². The van der Waals surface area contributed by atoms with Gasteiger partial charge < -0.3 is 24.8 Å². The fraction of sp³-hybridized carbons (Fsp3) is 0.323. The Bertz CT molecular complexity index is 5720. The van der Waals surface area contributed by atoms with Gasteiger partial charge in [0, 0.05) is 102 Å². The van der Waals surface area contributed by atoms with Crippen molar-refractivity contribution < 1.29 is 22.0 Å². The van der Waals surface area contributed by atoms with E-state index >= 15 is 0 Å². The molecule has 18 nitrogen and oxygen atoms in total. The molecular formula is C93H94ClF5N10O8. The van der Waals surface area contributed by atoms with E-state index in [1.807, 2.05) is 85.7 Å². The maximum atomic E-state index is 14.1. The van der Waals surface area contributed by atoms with Crippen molar-refractivity contribution in [3.8, 4) is 0 Å². The molecule has 7 aromatic carbocycles. The summed E-state index contributed by atoms with van der Waals surface area (Å²) in [6, 6.07) is 58.6. The zero-order valence-electron chi connectivity index (χ0n) is 65.2. The lowest BCUT2D eigenvalue weighted by Gasteiger charge is -2.29. The van der Waals surface area contributed by atoms with Gasteiger partial charge in [-0.15, -0.1) is 0 Å². The molecule has 117 heavy (non-hydrogen) atoms. The van der Waals surface area contributed by atoms with Crippen LogP contribution in [0, 0.1) is 29.1 Å². The predicted molar refractivity (Wildman–Crippen MR) is 446 cm³/mol. The summed E-state index contributed by atoms with van der Waals surface area (Å²) < 4.78 is 67.5. The molecule has 0 amide bonds. The van der Waals surface area contributed by atoms with Crippen LogP contribution in [0.15, 0.2) is 232 Å². The average molecular weight is 1610 g/mol. The van der Waals surface area contributed by atoms with Crippen molar-refractivity contribution in [2.24, 2.45) is 0 Å². The van der Waals surface area contributed by atoms with Crippen LogP contribution >= 0.6 is 11.6 Å². The van der Waals surface area contributed by atoms with E-state index in [0.29, 0.717) is 80.6 Å². The van der Waals surface area contributed by atoms with Crippen LogP contribution in [-0.2, 0) is 25.7 Å². The molecule has 12 aromatic rings. The molecular weight excluding hydrogens is 1520 g/mol. The van der Waals surface area contributed by atoms with Crippen LogP contribution in [0.2, 0.25) is 5.02 Å². The second-order valence-electron chi connectivity index (χ2n) is 31.3. The van der Waals surface area contributed by atoms with E-state index in [2.05, 4.69) is 118 Å². The van der Waals surface area contributed by atoms with Gasteiger partial charge in [0.05, 0.1) is 0 Å². The van der Waals surface area contributed by atoms with Crippen LogP contribution in [0.25, 0.3) is 0 Å². The van der Waals surface area contributed by atoms with Gasteiger partial charge in [-0.1, -0.05) is 157 Å². The Hall–Kier alpha value is -11.9. The molecule has 4 saturated carbocycles. The van der Waals surface area contributed by atoms with Gasteiger partial charge in [0.2, 0.25) is 0 Å². The van der Waals surface area contributed by atoms with Gasteiger partial charge in [-0.05, 0) is 231 Å². The van der Waals surface area contributed by atoms with E-state index in [1.165, 1.54) is 52.6 Å². The molecule has 5 aromatic heterocycles. The van der Waals surface area contributed by atoms with E-state index in [9.17, 15) is 60.3 Å². The number of aromatic amines is 8. The number of nitrogens with one attached hydrogen (secondary N) is 8. The summed E-state index contributed by atoms with van der Waals surface area (Å²) in [5, 5.41) is 0.273. The molecule has 0 unspecified atom stereocenters. The number of aromatic nitrogens is 9. The second kappa shape index (κ2) is 38.7. The van der Waals surface area contributed by atoms with Crippen LogP contribution in [0.5, 0.6) is 0 Å². The zero-order valence-corrected chi connectivity index (χ0v) is 65.9. The largest absolute Gasteiger partial charge is 0.363 e. The van der Waals surface area contributed by atoms with Crippen molar-refractivity contribution >= 4 is 17.4 Å². The molecule has 4 aliphatic carbocycles. The van der Waals surface area contributed by atoms with E-state index < -0.39 is 68.5 Å². The number of halogens is 6. The fourth-order valence-electron chi connectivity index (χ4n) is 17.5. The third-order valence-electron chi connectivity index (χ3n) is 23.7. The van der Waals surface area contributed by atoms with Crippen molar-refractivity contribution in [2.75, 3.05) is 19.0 Å². The van der Waals surface area contributed by atoms with Crippen molar-refractivity contribution in [3.05, 3.63) is 401 Å². The normalized spacial score (nSPS) is 19.1. The number of anilines is 1. The highest BCUT2D eigenvalue weighted by Crippen LogP contribution is 2.45. The minimum atomic E-state index is -0.951. The van der Waals surface area contributed by atoms with E-state index in [-0.39, 0.29) is 59.1 Å². The number of H-pyrrole nitrogens is 8. The summed E-state index contributed by atoms with van der Waals surface area (Å²) in [5.74, 6) is -0.469. The minimum Gasteiger partial charge on any atom is -0.363 e. The Kier molecular flexibility index (Phi) is 27.5. The lowest BCUT2D eigenvalue weighted by Crippen LogP contribution is -2.30. The molecule has 606 valence electrons. The van der Waals surface area contributed by atoms with Crippen molar-refractivity contribution in [1.82, 2.24) is 44.9 Å². The van der Waals surface area contributed by atoms with E-state index in [0.717, 1.165) is 138 Å². The fourth-order valence-corrected chi connectivity index (χ4v) is 17.8. The number of hydrogen-bond acceptors (Lipinski definition) is 10. The quantitative estimate of drug-likeness (QED) is 0.0399. The van der Waals surface area contributed by atoms with Crippen LogP contribution in [-0.4, -0.2) is 59.0 Å². The molecule has 8 N–H and O–H groups in total. The first kappa shape index (κ1) is 83.1. The smallest absolute Gasteiger partial charge is 0.325 e. The van der Waals surface area contributed by atoms with Gasteiger partial charge in [0.15, 0.2) is 11.6 Å². The first-order chi connectivity index (χ1) is 56.5. The third-order valence-corrected chi connectivity index (χ3v) is 24.0. The number of benzene rings is 7. The molecule has 5 heterocycles. The SMILES string of the molecule is CN(C)c1cccc(Cc2c(C3CCC(c4ccccc4)CC3)[nH]c(=O)[nH]c2=O)n1.O=c1[nH]c(C2CCC(c3ccccc3)CC2)c(Cc2ccc(F)c(F)c2)c(=O)[nH]1.O=c1[nH]c(C2CCC(c3ccccc3)CC2)c(Cc2ccc(F)cc2Cl)c(=O)[nH]1.O=c1[nH]c(C2CCC(c3ccccc3)CC2)c(Cc2ccc(F)cc2F)c(=O)[nH]1. The summed E-state index contributed by atoms with van der Waals surface area (Å²) in [6.45, 7) is 0. The number of rotatable bonds is 17. The van der Waals surface area contributed by atoms with Crippen molar-refractivity contribution in [1.29, 1.82) is 0 Å². The Morgan fingerprint density at radius 1 is 0.316 bits per heavy atom. The van der Waals surface area contributed by atoms with Crippen molar-refractivity contribution in [3.63, 3.8) is 0 Å². The topological polar surface area (TPSA) is 279 Å². The number of hydrogen-bond donors (Lipinski definition) is 8. The highest BCUT2D eigenvalue weighted by atomic mass is 35.5. The second-order valence-corrected chi connectivity index (χ2v) is 31.8. The van der Waals surface area contributed by atoms with Gasteiger partial charge in [-0.25, -0.2) is 46.1 Å². The van der Waals surface area contributed by atoms with Crippen LogP contribution in [0.1, 0.15) is 240 Å². The highest BCUT2D eigenvalue weighted by molar-refractivity contribution is 6.31. The third kappa shape index (κ3) is 21.4. The summed E-state index contributed by atoms with van der Waals surface area (Å²) >= 11 is 6.16. The molecule has 16 rings (SSSR count). The summed E-state index contributed by atoms with van der Waals surface area (Å²) in [6.07, 6.45) is 15.8. The van der Waals surface area contributed by atoms with Crippen molar-refractivity contribution in [2.45, 2.75) is 176 Å². The number of nitrogens with zero attached hydrogens (tertiary/aromatic N) is 2. The zero-order chi connectivity index (χ0) is 82.2. The minimum absolute atomic E-state index is 0.00612. The van der Waals surface area contributed by atoms with Crippen LogP contribution < -0.4 is 49.9 Å². The molecule has 4 fully saturated rings. The predicted octanol–water partition coefficient (Wildman–Crippen LogP) is 17.2. The monoisotopic (exact) mass is 1610 g/mol. The molecule has 0 radical (unpaired) electrons. The average Bonchev–Trinajstić information content (AvgIpc) is 0.809. The maximum absolute atomic E-state index is 14.1. The van der Waals surface area contributed by atoms with E-state index in [1.54, 1.807) is 6.07 Å². The Labute approximate surface area is 676 Å². The summed E-state index contributed by atoms with van der Waals surface area (Å²) in [7, 11) is 3.88. The first-order valence-electron chi connectivity index (χ1n) is 40.1. The van der Waals surface area contributed by atoms with Crippen LogP contribution in [0.4, 0.5) is 27.8 Å². The van der Waals surface area contributed by atoms with Gasteiger partial charge >= 0.3 is 22.8 Å². The summed E-state index contributed by atoms with van der Waals surface area (Å²) in [5.41, 5.74) is 8.34. The molecule has 24 heteroatoms. The summed E-state index contributed by atoms with van der Waals surface area (Å²) in [4.78, 5) is 125. The Balaban J connectivity index is 0.000000135. The maximum Gasteiger partial charge on any atom is 0.325 e. The Morgan fingerprint density at radius 2 is 0.641 bits per heavy atom. The van der Waals surface area contributed by atoms with E-state index in [4.69, 9.17) is 11.6 Å².